The molecule has 1 heterocycles. The summed E-state index contributed by atoms with van der Waals surface area (Å²) in [6.45, 7) is 0.797. The number of carbonyl (C=O) groups is 1. The van der Waals surface area contributed by atoms with E-state index in [9.17, 15) is 4.79 Å². The van der Waals surface area contributed by atoms with E-state index in [1.807, 2.05) is 11.9 Å². The first kappa shape index (κ1) is 11.9. The average molecular weight is 226 g/mol. The normalized spacial score (nSPS) is 30.9. The van der Waals surface area contributed by atoms with Crippen LogP contribution in [0.25, 0.3) is 0 Å². The second-order valence-corrected chi connectivity index (χ2v) is 4.94. The third-order valence-corrected chi connectivity index (χ3v) is 3.94. The number of nitrogens with one attached hydrogen (secondary N) is 1. The van der Waals surface area contributed by atoms with Crippen LogP contribution in [0.1, 0.15) is 32.1 Å². The molecule has 1 saturated heterocycles. The molecule has 0 aromatic carbocycles. The van der Waals surface area contributed by atoms with Gasteiger partial charge in [-0.15, -0.1) is 0 Å². The summed E-state index contributed by atoms with van der Waals surface area (Å²) in [7, 11) is 3.65. The van der Waals surface area contributed by atoms with Crippen LogP contribution in [0.4, 0.5) is 0 Å². The molecule has 0 radical (unpaired) electrons. The van der Waals surface area contributed by atoms with E-state index >= 15 is 0 Å². The first-order valence-electron chi connectivity index (χ1n) is 6.25. The summed E-state index contributed by atoms with van der Waals surface area (Å²) in [6, 6.07) is 0.437. The van der Waals surface area contributed by atoms with Gasteiger partial charge in [-0.05, 0) is 19.3 Å². The van der Waals surface area contributed by atoms with Crippen LogP contribution in [-0.4, -0.2) is 49.7 Å². The number of amides is 1. The molecule has 1 aliphatic carbocycles. The van der Waals surface area contributed by atoms with Crippen molar-refractivity contribution >= 4 is 5.91 Å². The largest absolute Gasteiger partial charge is 0.380 e. The Morgan fingerprint density at radius 2 is 2.06 bits per heavy atom. The van der Waals surface area contributed by atoms with Gasteiger partial charge in [-0.3, -0.25) is 4.79 Å². The lowest BCUT2D eigenvalue weighted by Crippen LogP contribution is -2.45. The fraction of sp³-hybridized carbons (Fsp3) is 0.917. The predicted molar refractivity (Wildman–Crippen MR) is 62.2 cm³/mol. The quantitative estimate of drug-likeness (QED) is 0.772. The summed E-state index contributed by atoms with van der Waals surface area (Å²) < 4.78 is 5.26. The maximum absolute atomic E-state index is 12.2. The Bertz CT molecular complexity index is 251. The highest BCUT2D eigenvalue weighted by Crippen LogP contribution is 2.24. The van der Waals surface area contributed by atoms with E-state index < -0.39 is 0 Å². The highest BCUT2D eigenvalue weighted by Gasteiger charge is 2.33. The lowest BCUT2D eigenvalue weighted by atomic mass is 10.1. The molecule has 92 valence electrons. The van der Waals surface area contributed by atoms with E-state index in [1.54, 1.807) is 7.11 Å². The molecule has 2 unspecified atom stereocenters. The SMILES string of the molecule is COC1CNC(C(=O)N(C)C2CCCC2)C1. The number of ether oxygens (including phenoxy) is 1. The average Bonchev–Trinajstić information content (AvgIpc) is 2.97. The molecule has 1 amide bonds. The summed E-state index contributed by atoms with van der Waals surface area (Å²) >= 11 is 0. The Balaban J connectivity index is 1.87. The first-order chi connectivity index (χ1) is 7.72. The minimum atomic E-state index is -0.0319. The van der Waals surface area contributed by atoms with Crippen LogP contribution in [0, 0.1) is 0 Å². The van der Waals surface area contributed by atoms with Crippen LogP contribution in [0.2, 0.25) is 0 Å². The van der Waals surface area contributed by atoms with Crippen molar-refractivity contribution in [2.24, 2.45) is 0 Å². The standard InChI is InChI=1S/C12H22N2O2/c1-14(9-5-3-4-6-9)12(15)11-7-10(16-2)8-13-11/h9-11,13H,3-8H2,1-2H3. The van der Waals surface area contributed by atoms with Gasteiger partial charge in [0.25, 0.3) is 0 Å². The highest BCUT2D eigenvalue weighted by atomic mass is 16.5. The van der Waals surface area contributed by atoms with E-state index in [4.69, 9.17) is 4.74 Å². The van der Waals surface area contributed by atoms with E-state index in [0.29, 0.717) is 6.04 Å². The maximum Gasteiger partial charge on any atom is 0.239 e. The molecule has 1 N–H and O–H groups in total. The zero-order valence-corrected chi connectivity index (χ0v) is 10.2. The van der Waals surface area contributed by atoms with Gasteiger partial charge in [-0.25, -0.2) is 0 Å². The molecule has 16 heavy (non-hydrogen) atoms. The van der Waals surface area contributed by atoms with Gasteiger partial charge >= 0.3 is 0 Å². The van der Waals surface area contributed by atoms with Crippen molar-refractivity contribution in [3.63, 3.8) is 0 Å². The van der Waals surface area contributed by atoms with Gasteiger partial charge in [0.1, 0.15) is 0 Å². The smallest absolute Gasteiger partial charge is 0.239 e. The zero-order valence-electron chi connectivity index (χ0n) is 10.2. The molecule has 1 saturated carbocycles. The van der Waals surface area contributed by atoms with Crippen molar-refractivity contribution in [2.45, 2.75) is 50.3 Å². The molecule has 2 rings (SSSR count). The minimum absolute atomic E-state index is 0.0319. The molecule has 2 aliphatic rings. The molecule has 2 fully saturated rings. The Morgan fingerprint density at radius 1 is 1.38 bits per heavy atom. The van der Waals surface area contributed by atoms with E-state index in [-0.39, 0.29) is 18.1 Å². The predicted octanol–water partition coefficient (Wildman–Crippen LogP) is 0.764. The van der Waals surface area contributed by atoms with Crippen LogP contribution in [0.15, 0.2) is 0 Å². The zero-order chi connectivity index (χ0) is 11.5. The molecule has 4 nitrogen and oxygen atoms in total. The second-order valence-electron chi connectivity index (χ2n) is 4.94. The molecule has 0 bridgehead atoms. The van der Waals surface area contributed by atoms with Crippen molar-refractivity contribution in [3.05, 3.63) is 0 Å². The van der Waals surface area contributed by atoms with Crippen molar-refractivity contribution in [3.8, 4) is 0 Å². The number of likely N-dealkylation sites (N-methyl/N-ethyl adjacent to an activating group) is 1. The minimum Gasteiger partial charge on any atom is -0.380 e. The van der Waals surface area contributed by atoms with Gasteiger partial charge < -0.3 is 15.0 Å². The van der Waals surface area contributed by atoms with Crippen LogP contribution in [0.5, 0.6) is 0 Å². The van der Waals surface area contributed by atoms with E-state index in [1.165, 1.54) is 25.7 Å². The molecule has 1 aliphatic heterocycles. The van der Waals surface area contributed by atoms with Crippen LogP contribution in [-0.2, 0) is 9.53 Å². The fourth-order valence-corrected chi connectivity index (χ4v) is 2.79. The molecule has 4 heteroatoms. The van der Waals surface area contributed by atoms with Crippen molar-refractivity contribution in [1.29, 1.82) is 0 Å². The lowest BCUT2D eigenvalue weighted by Gasteiger charge is -2.27. The van der Waals surface area contributed by atoms with Crippen LogP contribution in [0.3, 0.4) is 0 Å². The fourth-order valence-electron chi connectivity index (χ4n) is 2.79. The van der Waals surface area contributed by atoms with Crippen molar-refractivity contribution in [1.82, 2.24) is 10.2 Å². The number of carbonyl (C=O) groups excluding carboxylic acids is 1. The molecule has 0 aromatic heterocycles. The number of rotatable bonds is 3. The van der Waals surface area contributed by atoms with Crippen molar-refractivity contribution in [2.75, 3.05) is 20.7 Å². The summed E-state index contributed by atoms with van der Waals surface area (Å²) in [4.78, 5) is 14.1. The summed E-state index contributed by atoms with van der Waals surface area (Å²) in [5, 5.41) is 3.25. The molecule has 0 spiro atoms. The summed E-state index contributed by atoms with van der Waals surface area (Å²) in [5.41, 5.74) is 0. The van der Waals surface area contributed by atoms with Gasteiger partial charge in [0.2, 0.25) is 5.91 Å². The molecule has 0 aromatic rings. The maximum atomic E-state index is 12.2. The molecular weight excluding hydrogens is 204 g/mol. The monoisotopic (exact) mass is 226 g/mol. The number of nitrogens with zero attached hydrogens (tertiary/aromatic N) is 1. The van der Waals surface area contributed by atoms with Gasteiger partial charge in [-0.1, -0.05) is 12.8 Å². The highest BCUT2D eigenvalue weighted by molar-refractivity contribution is 5.82. The Hall–Kier alpha value is -0.610. The molecule has 2 atom stereocenters. The van der Waals surface area contributed by atoms with Crippen molar-refractivity contribution < 1.29 is 9.53 Å². The van der Waals surface area contributed by atoms with Gasteiger partial charge in [-0.2, -0.15) is 0 Å². The first-order valence-corrected chi connectivity index (χ1v) is 6.25. The van der Waals surface area contributed by atoms with Crippen LogP contribution >= 0.6 is 0 Å². The van der Waals surface area contributed by atoms with Gasteiger partial charge in [0, 0.05) is 26.7 Å². The summed E-state index contributed by atoms with van der Waals surface area (Å²) in [5.74, 6) is 0.242. The second kappa shape index (κ2) is 5.15. The van der Waals surface area contributed by atoms with Crippen LogP contribution < -0.4 is 5.32 Å². The third-order valence-electron chi connectivity index (χ3n) is 3.94. The van der Waals surface area contributed by atoms with E-state index in [2.05, 4.69) is 5.32 Å². The third kappa shape index (κ3) is 2.38. The number of hydrogen-bond donors (Lipinski definition) is 1. The summed E-state index contributed by atoms with van der Waals surface area (Å²) in [6.07, 6.45) is 5.88. The molecular formula is C12H22N2O2. The van der Waals surface area contributed by atoms with Gasteiger partial charge in [0.05, 0.1) is 12.1 Å². The topological polar surface area (TPSA) is 41.6 Å². The lowest BCUT2D eigenvalue weighted by molar-refractivity contribution is -0.133. The number of hydrogen-bond acceptors (Lipinski definition) is 3. The van der Waals surface area contributed by atoms with Gasteiger partial charge in [0.15, 0.2) is 0 Å². The Morgan fingerprint density at radius 3 is 2.62 bits per heavy atom. The Kier molecular flexibility index (Phi) is 3.82. The van der Waals surface area contributed by atoms with E-state index in [0.717, 1.165) is 13.0 Å². The number of methoxy groups -OCH3 is 1. The Labute approximate surface area is 97.3 Å².